The van der Waals surface area contributed by atoms with Crippen LogP contribution in [-0.4, -0.2) is 97.4 Å². The molecule has 2 aromatic heterocycles. The molecule has 0 radical (unpaired) electrons. The molecular weight excluding hydrogens is 460 g/mol. The molecule has 36 heavy (non-hydrogen) atoms. The van der Waals surface area contributed by atoms with E-state index in [4.69, 9.17) is 24.5 Å². The molecule has 2 fully saturated rings. The Balaban J connectivity index is 1.42. The number of hydrogen-bond donors (Lipinski definition) is 2. The van der Waals surface area contributed by atoms with Crippen LogP contribution in [0.1, 0.15) is 18.9 Å². The fourth-order valence-electron chi connectivity index (χ4n) is 4.55. The minimum absolute atomic E-state index is 0.314. The number of likely N-dealkylation sites (N-methyl/N-ethyl adjacent to an activating group) is 1. The molecule has 1 aromatic carbocycles. The molecule has 0 unspecified atom stereocenters. The lowest BCUT2D eigenvalue weighted by Crippen LogP contribution is -2.37. The van der Waals surface area contributed by atoms with Crippen LogP contribution in [-0.2, 0) is 9.47 Å². The van der Waals surface area contributed by atoms with Gasteiger partial charge in [-0.1, -0.05) is 0 Å². The summed E-state index contributed by atoms with van der Waals surface area (Å²) in [5.41, 5.74) is 2.39. The van der Waals surface area contributed by atoms with Gasteiger partial charge in [-0.15, -0.1) is 0 Å². The molecule has 5 rings (SSSR count). The monoisotopic (exact) mass is 494 g/mol. The van der Waals surface area contributed by atoms with E-state index in [2.05, 4.69) is 20.2 Å². The van der Waals surface area contributed by atoms with Crippen molar-refractivity contribution >= 4 is 28.6 Å². The van der Waals surface area contributed by atoms with Crippen molar-refractivity contribution in [2.24, 2.45) is 0 Å². The number of piperidine rings is 1. The summed E-state index contributed by atoms with van der Waals surface area (Å²) >= 11 is 0. The predicted molar refractivity (Wildman–Crippen MR) is 138 cm³/mol. The molecule has 0 atom stereocenters. The predicted octanol–water partition coefficient (Wildman–Crippen LogP) is 2.36. The average Bonchev–Trinajstić information content (AvgIpc) is 3.33. The number of fused-ring (bicyclic) bond motifs is 1. The van der Waals surface area contributed by atoms with Gasteiger partial charge in [-0.2, -0.15) is 5.10 Å². The number of nitrogens with one attached hydrogen (secondary N) is 2. The molecule has 2 N–H and O–H groups in total. The molecular formula is C25H34N8O3. The second kappa shape index (κ2) is 11.2. The van der Waals surface area contributed by atoms with Gasteiger partial charge in [0.25, 0.3) is 0 Å². The zero-order valence-corrected chi connectivity index (χ0v) is 20.9. The maximum absolute atomic E-state index is 12.1. The summed E-state index contributed by atoms with van der Waals surface area (Å²) in [6, 6.07) is 7.84. The zero-order valence-electron chi connectivity index (χ0n) is 20.9. The zero-order chi connectivity index (χ0) is 24.9. The third-order valence-corrected chi connectivity index (χ3v) is 6.56. The average molecular weight is 495 g/mol. The number of benzene rings is 1. The lowest BCUT2D eigenvalue weighted by Gasteiger charge is -2.28. The van der Waals surface area contributed by atoms with Gasteiger partial charge in [-0.25, -0.2) is 19.4 Å². The van der Waals surface area contributed by atoms with E-state index in [1.54, 1.807) is 0 Å². The SMILES string of the molecule is CN(C)CCOC(=O)Nc1ccc(-c2nc(N3CCOCC3)c3cnn(C4CCNCC4)c3n2)cc1. The summed E-state index contributed by atoms with van der Waals surface area (Å²) in [7, 11) is 3.87. The topological polar surface area (TPSA) is 110 Å². The minimum atomic E-state index is -0.470. The smallest absolute Gasteiger partial charge is 0.411 e. The Hall–Kier alpha value is -3.28. The maximum Gasteiger partial charge on any atom is 0.411 e. The molecule has 1 amide bonds. The van der Waals surface area contributed by atoms with Gasteiger partial charge in [-0.3, -0.25) is 5.32 Å². The summed E-state index contributed by atoms with van der Waals surface area (Å²) < 4.78 is 12.9. The Bertz CT molecular complexity index is 1170. The van der Waals surface area contributed by atoms with Crippen molar-refractivity contribution in [2.75, 3.05) is 76.9 Å². The molecule has 3 aromatic rings. The maximum atomic E-state index is 12.1. The molecule has 0 bridgehead atoms. The molecule has 2 aliphatic rings. The third kappa shape index (κ3) is 5.58. The van der Waals surface area contributed by atoms with Crippen LogP contribution in [0.4, 0.5) is 16.3 Å². The number of morpholine rings is 1. The van der Waals surface area contributed by atoms with Gasteiger partial charge in [0.2, 0.25) is 0 Å². The summed E-state index contributed by atoms with van der Waals surface area (Å²) in [5, 5.41) is 11.9. The van der Waals surface area contributed by atoms with Gasteiger partial charge >= 0.3 is 6.09 Å². The molecule has 192 valence electrons. The van der Waals surface area contributed by atoms with Crippen LogP contribution in [0.5, 0.6) is 0 Å². The Labute approximate surface area is 210 Å². The van der Waals surface area contributed by atoms with Crippen molar-refractivity contribution in [3.8, 4) is 11.4 Å². The Morgan fingerprint density at radius 3 is 2.64 bits per heavy atom. The van der Waals surface area contributed by atoms with Crippen molar-refractivity contribution in [3.05, 3.63) is 30.5 Å². The summed E-state index contributed by atoms with van der Waals surface area (Å²) in [5.74, 6) is 1.53. The molecule has 2 aliphatic heterocycles. The van der Waals surface area contributed by atoms with Crippen LogP contribution in [0.2, 0.25) is 0 Å². The minimum Gasteiger partial charge on any atom is -0.448 e. The van der Waals surface area contributed by atoms with Crippen LogP contribution in [0, 0.1) is 0 Å². The fourth-order valence-corrected chi connectivity index (χ4v) is 4.55. The molecule has 0 spiro atoms. The van der Waals surface area contributed by atoms with E-state index in [1.807, 2.05) is 49.5 Å². The largest absolute Gasteiger partial charge is 0.448 e. The summed E-state index contributed by atoms with van der Waals surface area (Å²) in [6.07, 6.45) is 3.48. The van der Waals surface area contributed by atoms with E-state index in [9.17, 15) is 4.79 Å². The Morgan fingerprint density at radius 1 is 1.17 bits per heavy atom. The van der Waals surface area contributed by atoms with Gasteiger partial charge in [0.1, 0.15) is 12.4 Å². The second-order valence-electron chi connectivity index (χ2n) is 9.42. The van der Waals surface area contributed by atoms with Gasteiger partial charge in [0.15, 0.2) is 11.5 Å². The van der Waals surface area contributed by atoms with Gasteiger partial charge in [0.05, 0.1) is 30.8 Å². The first kappa shape index (κ1) is 24.4. The molecule has 0 saturated carbocycles. The highest BCUT2D eigenvalue weighted by Crippen LogP contribution is 2.31. The standard InChI is InChI=1S/C25H34N8O3/c1-31(2)11-16-36-25(34)28-19-5-3-18(4-6-19)22-29-23(32-12-14-35-15-13-32)21-17-27-33(24(21)30-22)20-7-9-26-10-8-20/h3-6,17,20,26H,7-16H2,1-2H3,(H,28,34). The number of carbonyl (C=O) groups is 1. The normalized spacial score (nSPS) is 17.0. The van der Waals surface area contributed by atoms with Crippen molar-refractivity contribution in [1.29, 1.82) is 0 Å². The van der Waals surface area contributed by atoms with Crippen LogP contribution in [0.3, 0.4) is 0 Å². The first-order valence-corrected chi connectivity index (χ1v) is 12.6. The van der Waals surface area contributed by atoms with Gasteiger partial charge in [0, 0.05) is 30.9 Å². The van der Waals surface area contributed by atoms with Crippen LogP contribution in [0.25, 0.3) is 22.4 Å². The van der Waals surface area contributed by atoms with E-state index >= 15 is 0 Å². The number of ether oxygens (including phenoxy) is 2. The molecule has 11 nitrogen and oxygen atoms in total. The van der Waals surface area contributed by atoms with E-state index in [0.717, 1.165) is 61.4 Å². The van der Waals surface area contributed by atoms with Crippen molar-refractivity contribution < 1.29 is 14.3 Å². The number of amides is 1. The third-order valence-electron chi connectivity index (χ3n) is 6.56. The van der Waals surface area contributed by atoms with Crippen LogP contribution < -0.4 is 15.5 Å². The lowest BCUT2D eigenvalue weighted by atomic mass is 10.1. The van der Waals surface area contributed by atoms with Crippen LogP contribution >= 0.6 is 0 Å². The number of hydrogen-bond acceptors (Lipinski definition) is 9. The highest BCUT2D eigenvalue weighted by Gasteiger charge is 2.24. The van der Waals surface area contributed by atoms with E-state index in [0.29, 0.717) is 43.9 Å². The Morgan fingerprint density at radius 2 is 1.92 bits per heavy atom. The molecule has 0 aliphatic carbocycles. The van der Waals surface area contributed by atoms with Gasteiger partial charge in [-0.05, 0) is 64.3 Å². The van der Waals surface area contributed by atoms with E-state index in [1.165, 1.54) is 0 Å². The Kier molecular flexibility index (Phi) is 7.59. The first-order chi connectivity index (χ1) is 17.6. The molecule has 2 saturated heterocycles. The van der Waals surface area contributed by atoms with Crippen molar-refractivity contribution in [1.82, 2.24) is 30.0 Å². The first-order valence-electron chi connectivity index (χ1n) is 12.6. The highest BCUT2D eigenvalue weighted by molar-refractivity contribution is 5.89. The number of nitrogens with zero attached hydrogens (tertiary/aromatic N) is 6. The summed E-state index contributed by atoms with van der Waals surface area (Å²) in [6.45, 7) is 5.87. The van der Waals surface area contributed by atoms with E-state index in [-0.39, 0.29) is 0 Å². The fraction of sp³-hybridized carbons (Fsp3) is 0.520. The quantitative estimate of drug-likeness (QED) is 0.511. The molecule has 4 heterocycles. The second-order valence-corrected chi connectivity index (χ2v) is 9.42. The van der Waals surface area contributed by atoms with E-state index < -0.39 is 6.09 Å². The number of aromatic nitrogens is 4. The van der Waals surface area contributed by atoms with Crippen molar-refractivity contribution in [3.63, 3.8) is 0 Å². The number of rotatable bonds is 7. The number of anilines is 2. The molecule has 11 heteroatoms. The highest BCUT2D eigenvalue weighted by atomic mass is 16.5. The van der Waals surface area contributed by atoms with Crippen molar-refractivity contribution in [2.45, 2.75) is 18.9 Å². The van der Waals surface area contributed by atoms with Crippen LogP contribution in [0.15, 0.2) is 30.5 Å². The lowest BCUT2D eigenvalue weighted by molar-refractivity contribution is 0.122. The number of carbonyl (C=O) groups excluding carboxylic acids is 1. The summed E-state index contributed by atoms with van der Waals surface area (Å²) in [4.78, 5) is 26.2. The van der Waals surface area contributed by atoms with Gasteiger partial charge < -0.3 is 24.6 Å².